The highest BCUT2D eigenvalue weighted by molar-refractivity contribution is 5.79. The molecule has 0 amide bonds. The largest absolute Gasteiger partial charge is 0.290 e. The molecular weight excluding hydrogens is 230 g/mol. The monoisotopic (exact) mass is 239 g/mol. The molecule has 0 fully saturated rings. The Morgan fingerprint density at radius 3 is 2.83 bits per heavy atom. The van der Waals surface area contributed by atoms with Crippen molar-refractivity contribution in [3.05, 3.63) is 58.0 Å². The van der Waals surface area contributed by atoms with E-state index < -0.39 is 5.56 Å². The Morgan fingerprint density at radius 1 is 1.39 bits per heavy atom. The van der Waals surface area contributed by atoms with E-state index in [1.165, 1.54) is 6.20 Å². The number of hydrazone groups is 1. The molecule has 0 bridgehead atoms. The minimum Gasteiger partial charge on any atom is -0.290 e. The summed E-state index contributed by atoms with van der Waals surface area (Å²) in [4.78, 5) is 17.5. The number of benzene rings is 1. The maximum Gasteiger partial charge on any atom is 0.270 e. The number of aromatic amines is 1. The predicted molar refractivity (Wildman–Crippen MR) is 67.2 cm³/mol. The summed E-state index contributed by atoms with van der Waals surface area (Å²) in [5, 5.41) is 12.5. The number of hydrogen-bond acceptors (Lipinski definition) is 5. The summed E-state index contributed by atoms with van der Waals surface area (Å²) < 4.78 is 0. The van der Waals surface area contributed by atoms with Crippen molar-refractivity contribution in [2.24, 2.45) is 5.10 Å². The van der Waals surface area contributed by atoms with Crippen LogP contribution in [0.5, 0.6) is 0 Å². The molecule has 2 rings (SSSR count). The number of hydrogen-bond donors (Lipinski definition) is 2. The van der Waals surface area contributed by atoms with Crippen molar-refractivity contribution in [1.29, 1.82) is 5.26 Å². The fraction of sp³-hybridized carbons (Fsp3) is 0. The fourth-order valence-electron chi connectivity index (χ4n) is 1.24. The zero-order valence-electron chi connectivity index (χ0n) is 9.29. The van der Waals surface area contributed by atoms with Crippen LogP contribution in [-0.2, 0) is 0 Å². The van der Waals surface area contributed by atoms with E-state index in [9.17, 15) is 4.79 Å². The van der Waals surface area contributed by atoms with Crippen LogP contribution in [0.25, 0.3) is 0 Å². The van der Waals surface area contributed by atoms with Gasteiger partial charge in [0.2, 0.25) is 5.95 Å². The van der Waals surface area contributed by atoms with Crippen LogP contribution in [0.3, 0.4) is 0 Å². The molecule has 6 heteroatoms. The van der Waals surface area contributed by atoms with Crippen molar-refractivity contribution in [1.82, 2.24) is 9.97 Å². The van der Waals surface area contributed by atoms with Gasteiger partial charge in [0.1, 0.15) is 11.6 Å². The summed E-state index contributed by atoms with van der Waals surface area (Å²) >= 11 is 0. The molecule has 0 aliphatic carbocycles. The second kappa shape index (κ2) is 5.41. The number of anilines is 1. The number of rotatable bonds is 3. The fourth-order valence-corrected chi connectivity index (χ4v) is 1.24. The van der Waals surface area contributed by atoms with Gasteiger partial charge in [-0.1, -0.05) is 30.3 Å². The maximum absolute atomic E-state index is 11.3. The van der Waals surface area contributed by atoms with Crippen LogP contribution in [0.1, 0.15) is 11.1 Å². The lowest BCUT2D eigenvalue weighted by Gasteiger charge is -1.98. The van der Waals surface area contributed by atoms with E-state index in [1.807, 2.05) is 30.3 Å². The lowest BCUT2D eigenvalue weighted by atomic mass is 10.2. The van der Waals surface area contributed by atoms with E-state index in [1.54, 1.807) is 12.3 Å². The number of nitrogens with one attached hydrogen (secondary N) is 2. The summed E-state index contributed by atoms with van der Waals surface area (Å²) in [6.45, 7) is 0. The van der Waals surface area contributed by atoms with Gasteiger partial charge in [0, 0.05) is 0 Å². The third-order valence-corrected chi connectivity index (χ3v) is 2.10. The van der Waals surface area contributed by atoms with Gasteiger partial charge in [-0.3, -0.25) is 9.78 Å². The summed E-state index contributed by atoms with van der Waals surface area (Å²) in [6.07, 6.45) is 2.79. The van der Waals surface area contributed by atoms with Gasteiger partial charge in [-0.2, -0.15) is 10.4 Å². The molecule has 0 radical (unpaired) electrons. The first-order valence-electron chi connectivity index (χ1n) is 5.13. The smallest absolute Gasteiger partial charge is 0.270 e. The van der Waals surface area contributed by atoms with Crippen molar-refractivity contribution >= 4 is 12.2 Å². The Balaban J connectivity index is 2.08. The van der Waals surface area contributed by atoms with E-state index in [0.717, 1.165) is 5.56 Å². The van der Waals surface area contributed by atoms with Crippen LogP contribution >= 0.6 is 0 Å². The molecular formula is C12H9N5O. The van der Waals surface area contributed by atoms with Crippen molar-refractivity contribution < 1.29 is 0 Å². The van der Waals surface area contributed by atoms with E-state index in [-0.39, 0.29) is 11.5 Å². The SMILES string of the molecule is N#Cc1cnc(N/N=C\c2ccccc2)[nH]c1=O. The quantitative estimate of drug-likeness (QED) is 0.619. The third-order valence-electron chi connectivity index (χ3n) is 2.10. The van der Waals surface area contributed by atoms with E-state index in [2.05, 4.69) is 20.5 Å². The molecule has 0 aliphatic rings. The summed E-state index contributed by atoms with van der Waals surface area (Å²) in [7, 11) is 0. The second-order valence-electron chi connectivity index (χ2n) is 3.37. The van der Waals surface area contributed by atoms with Gasteiger partial charge in [0.25, 0.3) is 5.56 Å². The standard InChI is InChI=1S/C12H9N5O/c13-6-10-8-14-12(16-11(10)18)17-15-7-9-4-2-1-3-5-9/h1-5,7-8H,(H2,14,16,17,18)/b15-7-. The van der Waals surface area contributed by atoms with Crippen LogP contribution in [0, 0.1) is 11.3 Å². The van der Waals surface area contributed by atoms with Gasteiger partial charge >= 0.3 is 0 Å². The minimum atomic E-state index is -0.495. The van der Waals surface area contributed by atoms with Crippen LogP contribution in [0.2, 0.25) is 0 Å². The van der Waals surface area contributed by atoms with Crippen molar-refractivity contribution in [3.63, 3.8) is 0 Å². The van der Waals surface area contributed by atoms with E-state index >= 15 is 0 Å². The van der Waals surface area contributed by atoms with Gasteiger partial charge < -0.3 is 0 Å². The normalized spacial score (nSPS) is 10.2. The number of H-pyrrole nitrogens is 1. The van der Waals surface area contributed by atoms with E-state index in [4.69, 9.17) is 5.26 Å². The molecule has 1 aromatic carbocycles. The van der Waals surface area contributed by atoms with Crippen molar-refractivity contribution in [3.8, 4) is 6.07 Å². The van der Waals surface area contributed by atoms with Crippen LogP contribution in [-0.4, -0.2) is 16.2 Å². The topological polar surface area (TPSA) is 93.9 Å². The molecule has 1 aromatic heterocycles. The highest BCUT2D eigenvalue weighted by Crippen LogP contribution is 1.96. The highest BCUT2D eigenvalue weighted by atomic mass is 16.1. The average Bonchev–Trinajstić information content (AvgIpc) is 2.40. The molecule has 0 atom stereocenters. The van der Waals surface area contributed by atoms with Gasteiger partial charge in [0.15, 0.2) is 0 Å². The number of nitrogens with zero attached hydrogens (tertiary/aromatic N) is 3. The molecule has 1 heterocycles. The molecule has 0 saturated carbocycles. The Hall–Kier alpha value is -2.94. The second-order valence-corrected chi connectivity index (χ2v) is 3.37. The number of nitriles is 1. The predicted octanol–water partition coefficient (Wildman–Crippen LogP) is 1.09. The molecule has 18 heavy (non-hydrogen) atoms. The van der Waals surface area contributed by atoms with Gasteiger partial charge in [0.05, 0.1) is 12.4 Å². The van der Waals surface area contributed by atoms with Crippen molar-refractivity contribution in [2.45, 2.75) is 0 Å². The van der Waals surface area contributed by atoms with Crippen LogP contribution < -0.4 is 11.0 Å². The molecule has 0 spiro atoms. The van der Waals surface area contributed by atoms with Gasteiger partial charge in [-0.15, -0.1) is 0 Å². The summed E-state index contributed by atoms with van der Waals surface area (Å²) in [5.41, 5.74) is 2.97. The molecule has 6 nitrogen and oxygen atoms in total. The maximum atomic E-state index is 11.3. The first-order chi connectivity index (χ1) is 8.79. The average molecular weight is 239 g/mol. The zero-order valence-corrected chi connectivity index (χ0v) is 9.29. The first-order valence-corrected chi connectivity index (χ1v) is 5.13. The first kappa shape index (κ1) is 11.5. The lowest BCUT2D eigenvalue weighted by molar-refractivity contribution is 1.07. The Labute approximate surface area is 103 Å². The Kier molecular flexibility index (Phi) is 3.47. The third kappa shape index (κ3) is 2.80. The van der Waals surface area contributed by atoms with Gasteiger partial charge in [-0.25, -0.2) is 10.4 Å². The zero-order chi connectivity index (χ0) is 12.8. The Bertz CT molecular complexity index is 654. The minimum absolute atomic E-state index is 0.0346. The molecule has 0 aliphatic heterocycles. The molecule has 0 saturated heterocycles. The molecule has 2 aromatic rings. The van der Waals surface area contributed by atoms with Crippen LogP contribution in [0.15, 0.2) is 46.4 Å². The van der Waals surface area contributed by atoms with Gasteiger partial charge in [-0.05, 0) is 5.56 Å². The van der Waals surface area contributed by atoms with Crippen molar-refractivity contribution in [2.75, 3.05) is 5.43 Å². The molecule has 2 N–H and O–H groups in total. The van der Waals surface area contributed by atoms with E-state index in [0.29, 0.717) is 0 Å². The summed E-state index contributed by atoms with van der Waals surface area (Å²) in [6, 6.07) is 11.2. The molecule has 0 unspecified atom stereocenters. The summed E-state index contributed by atoms with van der Waals surface area (Å²) in [5.74, 6) is 0.186. The number of aromatic nitrogens is 2. The highest BCUT2D eigenvalue weighted by Gasteiger charge is 1.99. The van der Waals surface area contributed by atoms with Crippen LogP contribution in [0.4, 0.5) is 5.95 Å². The Morgan fingerprint density at radius 2 is 2.17 bits per heavy atom. The molecule has 88 valence electrons. The lowest BCUT2D eigenvalue weighted by Crippen LogP contribution is -2.13.